The molecule has 16 heavy (non-hydrogen) atoms. The summed E-state index contributed by atoms with van der Waals surface area (Å²) >= 11 is 1.67. The molecule has 0 amide bonds. The average molecular weight is 238 g/mol. The normalized spacial score (nSPS) is 11.9. The number of aliphatic hydroxyl groups is 1. The summed E-state index contributed by atoms with van der Waals surface area (Å²) in [5.74, 6) is 5.92. The highest BCUT2D eigenvalue weighted by Crippen LogP contribution is 2.16. The van der Waals surface area contributed by atoms with Crippen molar-refractivity contribution >= 4 is 11.3 Å². The predicted molar refractivity (Wildman–Crippen MR) is 67.4 cm³/mol. The highest BCUT2D eigenvalue weighted by molar-refractivity contribution is 7.10. The molecule has 0 radical (unpaired) electrons. The molecule has 0 aromatic carbocycles. The van der Waals surface area contributed by atoms with E-state index in [1.54, 1.807) is 11.3 Å². The molecule has 0 aliphatic rings. The summed E-state index contributed by atoms with van der Waals surface area (Å²) in [5.41, 5.74) is 1.02. The number of ether oxygens (including phenoxy) is 1. The largest absolute Gasteiger partial charge is 0.395 e. The maximum Gasteiger partial charge on any atom is 0.0813 e. The highest BCUT2D eigenvalue weighted by Gasteiger charge is 2.01. The minimum atomic E-state index is 0.126. The fourth-order valence-electron chi connectivity index (χ4n) is 1.08. The van der Waals surface area contributed by atoms with Gasteiger partial charge in [-0.25, -0.2) is 0 Å². The van der Waals surface area contributed by atoms with Crippen LogP contribution in [0.5, 0.6) is 0 Å². The number of rotatable bonds is 5. The lowest BCUT2D eigenvalue weighted by Gasteiger charge is -2.08. The van der Waals surface area contributed by atoms with E-state index >= 15 is 0 Å². The Labute approximate surface area is 101 Å². The minimum absolute atomic E-state index is 0.126. The quantitative estimate of drug-likeness (QED) is 0.799. The van der Waals surface area contributed by atoms with Gasteiger partial charge >= 0.3 is 0 Å². The van der Waals surface area contributed by atoms with Gasteiger partial charge in [-0.05, 0) is 19.4 Å². The van der Waals surface area contributed by atoms with Crippen LogP contribution in [-0.2, 0) is 11.3 Å². The summed E-state index contributed by atoms with van der Waals surface area (Å²) in [6, 6.07) is 2.05. The molecule has 0 saturated carbocycles. The molecule has 2 nitrogen and oxygen atoms in total. The Morgan fingerprint density at radius 3 is 3.06 bits per heavy atom. The Kier molecular flexibility index (Phi) is 6.17. The van der Waals surface area contributed by atoms with Crippen molar-refractivity contribution in [2.24, 2.45) is 0 Å². The Bertz CT molecular complexity index is 359. The Balaban J connectivity index is 2.43. The first-order valence-corrected chi connectivity index (χ1v) is 6.43. The van der Waals surface area contributed by atoms with Gasteiger partial charge in [0.25, 0.3) is 0 Å². The van der Waals surface area contributed by atoms with Crippen LogP contribution in [-0.4, -0.2) is 17.8 Å². The van der Waals surface area contributed by atoms with E-state index in [0.29, 0.717) is 19.1 Å². The van der Waals surface area contributed by atoms with Crippen molar-refractivity contribution in [1.82, 2.24) is 0 Å². The van der Waals surface area contributed by atoms with Crippen molar-refractivity contribution in [2.75, 3.05) is 6.61 Å². The molecule has 1 rings (SSSR count). The Morgan fingerprint density at radius 2 is 2.38 bits per heavy atom. The van der Waals surface area contributed by atoms with Crippen LogP contribution in [0.3, 0.4) is 0 Å². The van der Waals surface area contributed by atoms with E-state index in [1.807, 2.05) is 5.38 Å². The van der Waals surface area contributed by atoms with Crippen LogP contribution < -0.4 is 0 Å². The third-order valence-electron chi connectivity index (χ3n) is 2.21. The van der Waals surface area contributed by atoms with E-state index in [0.717, 1.165) is 12.0 Å². The average Bonchev–Trinajstić information content (AvgIpc) is 2.74. The highest BCUT2D eigenvalue weighted by atomic mass is 32.1. The topological polar surface area (TPSA) is 29.5 Å². The third kappa shape index (κ3) is 4.80. The summed E-state index contributed by atoms with van der Waals surface area (Å²) < 4.78 is 5.64. The first-order valence-electron chi connectivity index (χ1n) is 5.55. The van der Waals surface area contributed by atoms with Gasteiger partial charge in [-0.2, -0.15) is 0 Å². The number of thiophene rings is 1. The van der Waals surface area contributed by atoms with Crippen molar-refractivity contribution in [2.45, 2.75) is 39.4 Å². The molecule has 1 aromatic heterocycles. The fraction of sp³-hybridized carbons (Fsp3) is 0.538. The monoisotopic (exact) mass is 238 g/mol. The number of hydrogen-bond acceptors (Lipinski definition) is 3. The van der Waals surface area contributed by atoms with Crippen molar-refractivity contribution in [1.29, 1.82) is 0 Å². The molecule has 1 heterocycles. The van der Waals surface area contributed by atoms with Gasteiger partial charge in [-0.15, -0.1) is 11.3 Å². The lowest BCUT2D eigenvalue weighted by Crippen LogP contribution is -2.05. The Morgan fingerprint density at radius 1 is 1.56 bits per heavy atom. The van der Waals surface area contributed by atoms with Crippen LogP contribution in [0.4, 0.5) is 0 Å². The lowest BCUT2D eigenvalue weighted by molar-refractivity contribution is 0.0525. The molecule has 0 bridgehead atoms. The summed E-state index contributed by atoms with van der Waals surface area (Å²) in [6.45, 7) is 4.99. The molecule has 1 atom stereocenters. The standard InChI is InChI=1S/C13H18O2S/c1-3-11(2)15-9-13-8-12(10-16-13)6-4-5-7-14/h8,10-11,14H,3,5,7,9H2,1-2H3. The molecule has 1 N–H and O–H groups in total. The zero-order valence-electron chi connectivity index (χ0n) is 9.82. The van der Waals surface area contributed by atoms with Gasteiger partial charge in [-0.1, -0.05) is 18.8 Å². The van der Waals surface area contributed by atoms with E-state index in [-0.39, 0.29) is 6.61 Å². The number of hydrogen-bond donors (Lipinski definition) is 1. The van der Waals surface area contributed by atoms with Gasteiger partial charge < -0.3 is 9.84 Å². The van der Waals surface area contributed by atoms with Crippen molar-refractivity contribution in [3.63, 3.8) is 0 Å². The second kappa shape index (κ2) is 7.45. The van der Waals surface area contributed by atoms with Gasteiger partial charge in [0.1, 0.15) is 0 Å². The second-order valence-electron chi connectivity index (χ2n) is 3.61. The molecule has 0 fully saturated rings. The molecule has 88 valence electrons. The summed E-state index contributed by atoms with van der Waals surface area (Å²) in [7, 11) is 0. The second-order valence-corrected chi connectivity index (χ2v) is 4.60. The summed E-state index contributed by atoms with van der Waals surface area (Å²) in [5, 5.41) is 10.6. The molecule has 0 spiro atoms. The van der Waals surface area contributed by atoms with Gasteiger partial charge in [0.05, 0.1) is 19.3 Å². The minimum Gasteiger partial charge on any atom is -0.395 e. The van der Waals surface area contributed by atoms with E-state index < -0.39 is 0 Å². The zero-order chi connectivity index (χ0) is 11.8. The third-order valence-corrected chi connectivity index (χ3v) is 3.12. The van der Waals surface area contributed by atoms with Crippen LogP contribution in [0.25, 0.3) is 0 Å². The van der Waals surface area contributed by atoms with Crippen LogP contribution >= 0.6 is 11.3 Å². The van der Waals surface area contributed by atoms with Crippen LogP contribution in [0, 0.1) is 11.8 Å². The van der Waals surface area contributed by atoms with Crippen molar-refractivity contribution in [3.8, 4) is 11.8 Å². The maximum atomic E-state index is 8.60. The summed E-state index contributed by atoms with van der Waals surface area (Å²) in [4.78, 5) is 1.20. The SMILES string of the molecule is CCC(C)OCc1cc(C#CCCO)cs1. The van der Waals surface area contributed by atoms with Crippen molar-refractivity contribution < 1.29 is 9.84 Å². The van der Waals surface area contributed by atoms with Crippen LogP contribution in [0.1, 0.15) is 37.1 Å². The first kappa shape index (κ1) is 13.2. The van der Waals surface area contributed by atoms with E-state index in [9.17, 15) is 0 Å². The molecular weight excluding hydrogens is 220 g/mol. The van der Waals surface area contributed by atoms with E-state index in [1.165, 1.54) is 4.88 Å². The van der Waals surface area contributed by atoms with Gasteiger partial charge in [0, 0.05) is 22.2 Å². The van der Waals surface area contributed by atoms with Crippen LogP contribution in [0.2, 0.25) is 0 Å². The smallest absolute Gasteiger partial charge is 0.0813 e. The summed E-state index contributed by atoms with van der Waals surface area (Å²) in [6.07, 6.45) is 1.88. The molecule has 0 aliphatic carbocycles. The predicted octanol–water partition coefficient (Wildman–Crippen LogP) is 2.80. The van der Waals surface area contributed by atoms with Crippen molar-refractivity contribution in [3.05, 3.63) is 21.9 Å². The zero-order valence-corrected chi connectivity index (χ0v) is 10.6. The van der Waals surface area contributed by atoms with Gasteiger partial charge in [0.2, 0.25) is 0 Å². The molecule has 0 saturated heterocycles. The first-order chi connectivity index (χ1) is 7.76. The molecule has 1 aromatic rings. The molecule has 0 aliphatic heterocycles. The fourth-order valence-corrected chi connectivity index (χ4v) is 1.82. The lowest BCUT2D eigenvalue weighted by atomic mass is 10.3. The number of aliphatic hydroxyl groups excluding tert-OH is 1. The van der Waals surface area contributed by atoms with E-state index in [2.05, 4.69) is 31.8 Å². The van der Waals surface area contributed by atoms with Crippen LogP contribution in [0.15, 0.2) is 11.4 Å². The molecule has 3 heteroatoms. The van der Waals surface area contributed by atoms with E-state index in [4.69, 9.17) is 9.84 Å². The van der Waals surface area contributed by atoms with Gasteiger partial charge in [0.15, 0.2) is 0 Å². The molecule has 1 unspecified atom stereocenters. The Hall–Kier alpha value is -0.820. The van der Waals surface area contributed by atoms with Gasteiger partial charge in [-0.3, -0.25) is 0 Å². The molecular formula is C13H18O2S. The maximum absolute atomic E-state index is 8.60.